The Morgan fingerprint density at radius 1 is 0.630 bits per heavy atom. The quantitative estimate of drug-likeness (QED) is 0.766. The maximum absolute atomic E-state index is 8.81. The predicted molar refractivity (Wildman–Crippen MR) is 99.1 cm³/mol. The summed E-state index contributed by atoms with van der Waals surface area (Å²) in [5, 5.41) is 38.5. The molecule has 0 amide bonds. The van der Waals surface area contributed by atoms with Crippen molar-refractivity contribution in [3.63, 3.8) is 0 Å². The molecule has 1 fully saturated rings. The summed E-state index contributed by atoms with van der Waals surface area (Å²) in [6.45, 7) is 2.99. The summed E-state index contributed by atoms with van der Waals surface area (Å²) >= 11 is 0. The van der Waals surface area contributed by atoms with Gasteiger partial charge in [-0.3, -0.25) is 10.0 Å². The molecule has 0 radical (unpaired) electrons. The molecule has 0 aromatic heterocycles. The molecule has 8 nitrogen and oxygen atoms in total. The van der Waals surface area contributed by atoms with Crippen molar-refractivity contribution in [2.24, 2.45) is 20.7 Å². The molecule has 0 bridgehead atoms. The molecule has 3 rings (SSSR count). The van der Waals surface area contributed by atoms with Gasteiger partial charge in [0, 0.05) is 13.1 Å². The van der Waals surface area contributed by atoms with Crippen molar-refractivity contribution in [3.05, 3.63) is 59.7 Å². The van der Waals surface area contributed by atoms with Crippen LogP contribution in [0.5, 0.6) is 0 Å². The zero-order valence-electron chi connectivity index (χ0n) is 14.7. The van der Waals surface area contributed by atoms with E-state index in [1.807, 2.05) is 10.0 Å². The highest BCUT2D eigenvalue weighted by atomic mass is 15.6. The number of benzene rings is 2. The van der Waals surface area contributed by atoms with E-state index in [4.69, 9.17) is 10.5 Å². The number of nitrogens with zero attached hydrogens (tertiary/aromatic N) is 8. The van der Waals surface area contributed by atoms with Gasteiger partial charge in [-0.05, 0) is 55.0 Å². The average Bonchev–Trinajstić information content (AvgIpc) is 2.96. The summed E-state index contributed by atoms with van der Waals surface area (Å²) in [5.74, 6) is 0. The molecule has 27 heavy (non-hydrogen) atoms. The van der Waals surface area contributed by atoms with Crippen LogP contribution in [0.1, 0.15) is 17.5 Å². The van der Waals surface area contributed by atoms with Gasteiger partial charge < -0.3 is 0 Å². The number of nitriles is 2. The van der Waals surface area contributed by atoms with Crippen molar-refractivity contribution in [3.8, 4) is 12.1 Å². The number of hydrogen-bond donors (Lipinski definition) is 0. The Morgan fingerprint density at radius 2 is 1.04 bits per heavy atom. The second kappa shape index (κ2) is 9.07. The topological polar surface area (TPSA) is 104 Å². The van der Waals surface area contributed by atoms with Crippen LogP contribution in [0.15, 0.2) is 69.2 Å². The van der Waals surface area contributed by atoms with Gasteiger partial charge in [0.2, 0.25) is 0 Å². The van der Waals surface area contributed by atoms with Gasteiger partial charge in [0.25, 0.3) is 0 Å². The van der Waals surface area contributed by atoms with E-state index in [9.17, 15) is 0 Å². The molecule has 0 aliphatic carbocycles. The van der Waals surface area contributed by atoms with Crippen LogP contribution in [0.2, 0.25) is 0 Å². The third kappa shape index (κ3) is 5.35. The van der Waals surface area contributed by atoms with E-state index in [0.717, 1.165) is 30.9 Å². The molecule has 0 spiro atoms. The van der Waals surface area contributed by atoms with Crippen LogP contribution in [0, 0.1) is 22.7 Å². The zero-order valence-corrected chi connectivity index (χ0v) is 14.7. The molecule has 2 aromatic carbocycles. The Labute approximate surface area is 157 Å². The van der Waals surface area contributed by atoms with E-state index >= 15 is 0 Å². The van der Waals surface area contributed by atoms with Gasteiger partial charge in [0.05, 0.1) is 47.7 Å². The van der Waals surface area contributed by atoms with E-state index in [0.29, 0.717) is 24.2 Å². The van der Waals surface area contributed by atoms with Gasteiger partial charge in [0.1, 0.15) is 0 Å². The lowest BCUT2D eigenvalue weighted by molar-refractivity contribution is 0.252. The fourth-order valence-corrected chi connectivity index (χ4v) is 2.50. The fraction of sp³-hybridized carbons (Fsp3) is 0.263. The van der Waals surface area contributed by atoms with Crippen LogP contribution in [-0.2, 0) is 0 Å². The lowest BCUT2D eigenvalue weighted by Crippen LogP contribution is -2.24. The van der Waals surface area contributed by atoms with Crippen LogP contribution < -0.4 is 0 Å². The van der Waals surface area contributed by atoms with Crippen molar-refractivity contribution in [2.75, 3.05) is 26.2 Å². The molecule has 134 valence electrons. The minimum atomic E-state index is 0.604. The lowest BCUT2D eigenvalue weighted by atomic mass is 10.2. The van der Waals surface area contributed by atoms with Gasteiger partial charge in [-0.1, -0.05) is 10.4 Å². The van der Waals surface area contributed by atoms with Gasteiger partial charge in [0.15, 0.2) is 0 Å². The monoisotopic (exact) mass is 358 g/mol. The summed E-state index contributed by atoms with van der Waals surface area (Å²) < 4.78 is 0. The smallest absolute Gasteiger partial charge is 0.0991 e. The first-order valence-electron chi connectivity index (χ1n) is 8.60. The van der Waals surface area contributed by atoms with Gasteiger partial charge in [-0.15, -0.1) is 10.2 Å². The third-order valence-corrected chi connectivity index (χ3v) is 4.01. The minimum absolute atomic E-state index is 0.604. The molecule has 0 saturated carbocycles. The second-order valence-corrected chi connectivity index (χ2v) is 5.96. The first kappa shape index (κ1) is 18.0. The van der Waals surface area contributed by atoms with Crippen molar-refractivity contribution < 1.29 is 0 Å². The first-order chi connectivity index (χ1) is 13.3. The maximum atomic E-state index is 8.81. The summed E-state index contributed by atoms with van der Waals surface area (Å²) in [4.78, 5) is 0. The second-order valence-electron chi connectivity index (χ2n) is 5.96. The van der Waals surface area contributed by atoms with Gasteiger partial charge in [-0.2, -0.15) is 10.5 Å². The molecule has 0 unspecified atom stereocenters. The molecule has 0 atom stereocenters. The fourth-order valence-electron chi connectivity index (χ4n) is 2.50. The zero-order chi connectivity index (χ0) is 18.9. The SMILES string of the molecule is N#Cc1ccc(N=NN2CCCN(N=Nc3ccc(C#N)cc3)CC2)cc1. The maximum Gasteiger partial charge on any atom is 0.0991 e. The van der Waals surface area contributed by atoms with E-state index < -0.39 is 0 Å². The van der Waals surface area contributed by atoms with E-state index in [2.05, 4.69) is 32.8 Å². The Bertz CT molecular complexity index is 812. The highest BCUT2D eigenvalue weighted by Gasteiger charge is 2.12. The van der Waals surface area contributed by atoms with E-state index in [-0.39, 0.29) is 0 Å². The third-order valence-electron chi connectivity index (χ3n) is 4.01. The average molecular weight is 358 g/mol. The molecule has 1 saturated heterocycles. The van der Waals surface area contributed by atoms with Crippen LogP contribution in [0.25, 0.3) is 0 Å². The Balaban J connectivity index is 1.53. The molecule has 1 heterocycles. The van der Waals surface area contributed by atoms with Crippen molar-refractivity contribution in [1.29, 1.82) is 10.5 Å². The summed E-state index contributed by atoms with van der Waals surface area (Å²) in [5.41, 5.74) is 2.64. The summed E-state index contributed by atoms with van der Waals surface area (Å²) in [6.07, 6.45) is 0.902. The highest BCUT2D eigenvalue weighted by molar-refractivity contribution is 5.42. The minimum Gasteiger partial charge on any atom is -0.277 e. The summed E-state index contributed by atoms with van der Waals surface area (Å²) in [7, 11) is 0. The van der Waals surface area contributed by atoms with Crippen molar-refractivity contribution >= 4 is 11.4 Å². The molecule has 2 aromatic rings. The van der Waals surface area contributed by atoms with Crippen LogP contribution in [0.3, 0.4) is 0 Å². The number of rotatable bonds is 4. The summed E-state index contributed by atoms with van der Waals surface area (Å²) in [6, 6.07) is 18.2. The molecule has 1 aliphatic heterocycles. The molecular weight excluding hydrogens is 340 g/mol. The van der Waals surface area contributed by atoms with E-state index in [1.165, 1.54) is 0 Å². The Hall–Kier alpha value is -3.78. The largest absolute Gasteiger partial charge is 0.277 e. The normalized spacial score (nSPS) is 14.9. The van der Waals surface area contributed by atoms with Gasteiger partial charge >= 0.3 is 0 Å². The molecule has 0 N–H and O–H groups in total. The Morgan fingerprint density at radius 3 is 1.41 bits per heavy atom. The molecular formula is C19H18N8. The Kier molecular flexibility index (Phi) is 6.05. The first-order valence-corrected chi connectivity index (χ1v) is 8.60. The molecule has 8 heteroatoms. The predicted octanol–water partition coefficient (Wildman–Crippen LogP) is 4.14. The van der Waals surface area contributed by atoms with Crippen LogP contribution >= 0.6 is 0 Å². The van der Waals surface area contributed by atoms with E-state index in [1.54, 1.807) is 48.5 Å². The van der Waals surface area contributed by atoms with Crippen molar-refractivity contribution in [1.82, 2.24) is 10.0 Å². The lowest BCUT2D eigenvalue weighted by Gasteiger charge is -2.15. The van der Waals surface area contributed by atoms with Crippen molar-refractivity contribution in [2.45, 2.75) is 6.42 Å². The number of hydrogen-bond acceptors (Lipinski definition) is 6. The van der Waals surface area contributed by atoms with Crippen LogP contribution in [0.4, 0.5) is 11.4 Å². The highest BCUT2D eigenvalue weighted by Crippen LogP contribution is 2.16. The standard InChI is InChI=1S/C19H18N8/c20-14-16-2-6-18(7-3-16)22-24-26-10-1-11-27(13-12-26)25-23-19-8-4-17(15-21)5-9-19/h2-9H,1,10-13H2. The van der Waals surface area contributed by atoms with Gasteiger partial charge in [-0.25, -0.2) is 0 Å². The molecule has 1 aliphatic rings. The van der Waals surface area contributed by atoms with Crippen LogP contribution in [-0.4, -0.2) is 36.2 Å².